The highest BCUT2D eigenvalue weighted by Gasteiger charge is 2.60. The minimum absolute atomic E-state index is 0.176. The molecular formula is C14H18O4S. The summed E-state index contributed by atoms with van der Waals surface area (Å²) in [5, 5.41) is -0.644. The minimum Gasteiger partial charge on any atom is -0.466 e. The van der Waals surface area contributed by atoms with Crippen LogP contribution in [0.4, 0.5) is 0 Å². The third-order valence-electron chi connectivity index (χ3n) is 3.56. The monoisotopic (exact) mass is 282 g/mol. The van der Waals surface area contributed by atoms with E-state index in [4.69, 9.17) is 4.74 Å². The molecule has 0 aliphatic heterocycles. The van der Waals surface area contributed by atoms with E-state index < -0.39 is 27.0 Å². The van der Waals surface area contributed by atoms with E-state index in [-0.39, 0.29) is 17.4 Å². The first-order chi connectivity index (χ1) is 8.89. The molecule has 2 rings (SSSR count). The van der Waals surface area contributed by atoms with Crippen molar-refractivity contribution in [3.05, 3.63) is 29.8 Å². The number of sulfone groups is 1. The fraction of sp³-hybridized carbons (Fsp3) is 0.500. The van der Waals surface area contributed by atoms with Gasteiger partial charge in [0.15, 0.2) is 9.84 Å². The van der Waals surface area contributed by atoms with Crippen LogP contribution in [-0.2, 0) is 19.4 Å². The van der Waals surface area contributed by atoms with E-state index in [1.54, 1.807) is 38.1 Å². The lowest BCUT2D eigenvalue weighted by molar-refractivity contribution is -0.144. The van der Waals surface area contributed by atoms with Crippen molar-refractivity contribution >= 4 is 15.8 Å². The van der Waals surface area contributed by atoms with Crippen LogP contribution in [0.3, 0.4) is 0 Å². The molecule has 1 aliphatic carbocycles. The molecule has 1 aromatic carbocycles. The summed E-state index contributed by atoms with van der Waals surface area (Å²) in [5.74, 6) is -1.10. The summed E-state index contributed by atoms with van der Waals surface area (Å²) in [7, 11) is -3.45. The standard InChI is InChI=1S/C14H18O4S/c1-4-18-14(15)12-10(3)13(12)19(16,17)11-7-5-9(2)6-8-11/h5-8,10,12-13H,4H2,1-3H3/t10-,12-,13+/m0/s1. The van der Waals surface area contributed by atoms with Crippen molar-refractivity contribution in [3.63, 3.8) is 0 Å². The van der Waals surface area contributed by atoms with Crippen LogP contribution in [0.25, 0.3) is 0 Å². The van der Waals surface area contributed by atoms with E-state index >= 15 is 0 Å². The number of hydrogen-bond donors (Lipinski definition) is 0. The number of esters is 1. The fourth-order valence-corrected chi connectivity index (χ4v) is 4.59. The smallest absolute Gasteiger partial charge is 0.310 e. The molecular weight excluding hydrogens is 264 g/mol. The Labute approximate surface area is 113 Å². The van der Waals surface area contributed by atoms with Gasteiger partial charge >= 0.3 is 5.97 Å². The Morgan fingerprint density at radius 2 is 1.84 bits per heavy atom. The summed E-state index contributed by atoms with van der Waals surface area (Å²) in [6, 6.07) is 6.72. The molecule has 1 aromatic rings. The molecule has 19 heavy (non-hydrogen) atoms. The van der Waals surface area contributed by atoms with Crippen molar-refractivity contribution in [2.24, 2.45) is 11.8 Å². The van der Waals surface area contributed by atoms with Crippen molar-refractivity contribution in [2.75, 3.05) is 6.61 Å². The maximum atomic E-state index is 12.4. The third-order valence-corrected chi connectivity index (χ3v) is 5.93. The van der Waals surface area contributed by atoms with Crippen molar-refractivity contribution in [2.45, 2.75) is 30.9 Å². The number of carbonyl (C=O) groups excluding carboxylic acids is 1. The Balaban J connectivity index is 2.23. The number of carbonyl (C=O) groups is 1. The van der Waals surface area contributed by atoms with Gasteiger partial charge in [-0.2, -0.15) is 0 Å². The molecule has 4 nitrogen and oxygen atoms in total. The van der Waals surface area contributed by atoms with Gasteiger partial charge in [-0.15, -0.1) is 0 Å². The zero-order chi connectivity index (χ0) is 14.2. The molecule has 0 spiro atoms. The molecule has 0 N–H and O–H groups in total. The molecule has 0 radical (unpaired) electrons. The van der Waals surface area contributed by atoms with E-state index in [0.717, 1.165) is 5.56 Å². The normalized spacial score (nSPS) is 25.9. The summed E-state index contributed by atoms with van der Waals surface area (Å²) in [6.07, 6.45) is 0. The van der Waals surface area contributed by atoms with Gasteiger partial charge in [0.05, 0.1) is 22.7 Å². The second kappa shape index (κ2) is 4.96. The maximum Gasteiger partial charge on any atom is 0.310 e. The van der Waals surface area contributed by atoms with Gasteiger partial charge in [-0.1, -0.05) is 24.6 Å². The Morgan fingerprint density at radius 3 is 2.37 bits per heavy atom. The molecule has 104 valence electrons. The van der Waals surface area contributed by atoms with Crippen LogP contribution in [0, 0.1) is 18.8 Å². The fourth-order valence-electron chi connectivity index (χ4n) is 2.37. The van der Waals surface area contributed by atoms with Crippen LogP contribution < -0.4 is 0 Å². The molecule has 0 bridgehead atoms. The van der Waals surface area contributed by atoms with Gasteiger partial charge in [0.25, 0.3) is 0 Å². The lowest BCUT2D eigenvalue weighted by atomic mass is 10.2. The van der Waals surface area contributed by atoms with E-state index in [1.807, 2.05) is 6.92 Å². The summed E-state index contributed by atoms with van der Waals surface area (Å²) in [5.41, 5.74) is 1.00. The first kappa shape index (κ1) is 14.1. The largest absolute Gasteiger partial charge is 0.466 e. The van der Waals surface area contributed by atoms with Gasteiger partial charge in [-0.05, 0) is 31.9 Å². The van der Waals surface area contributed by atoms with Crippen LogP contribution in [0.15, 0.2) is 29.2 Å². The van der Waals surface area contributed by atoms with Crippen molar-refractivity contribution < 1.29 is 17.9 Å². The zero-order valence-corrected chi connectivity index (χ0v) is 12.1. The zero-order valence-electron chi connectivity index (χ0n) is 11.3. The summed E-state index contributed by atoms with van der Waals surface area (Å²) in [6.45, 7) is 5.67. The van der Waals surface area contributed by atoms with Crippen LogP contribution >= 0.6 is 0 Å². The topological polar surface area (TPSA) is 60.4 Å². The second-order valence-corrected chi connectivity index (χ2v) is 7.07. The lowest BCUT2D eigenvalue weighted by Gasteiger charge is -2.04. The Kier molecular flexibility index (Phi) is 3.67. The number of aryl methyl sites for hydroxylation is 1. The van der Waals surface area contributed by atoms with Gasteiger partial charge in [0.2, 0.25) is 0 Å². The van der Waals surface area contributed by atoms with Gasteiger partial charge in [-0.25, -0.2) is 8.42 Å². The van der Waals surface area contributed by atoms with E-state index in [9.17, 15) is 13.2 Å². The molecule has 1 saturated carbocycles. The Bertz CT molecular complexity index is 574. The average Bonchev–Trinajstić information content (AvgIpc) is 3.03. The minimum atomic E-state index is -3.45. The Hall–Kier alpha value is -1.36. The molecule has 1 fully saturated rings. The van der Waals surface area contributed by atoms with Crippen molar-refractivity contribution in [1.82, 2.24) is 0 Å². The number of ether oxygens (including phenoxy) is 1. The number of benzene rings is 1. The molecule has 0 unspecified atom stereocenters. The first-order valence-corrected chi connectivity index (χ1v) is 7.91. The third kappa shape index (κ3) is 2.52. The predicted molar refractivity (Wildman–Crippen MR) is 71.4 cm³/mol. The quantitative estimate of drug-likeness (QED) is 0.792. The summed E-state index contributed by atoms with van der Waals surface area (Å²) >= 11 is 0. The van der Waals surface area contributed by atoms with Crippen LogP contribution in [0.2, 0.25) is 0 Å². The Morgan fingerprint density at radius 1 is 1.26 bits per heavy atom. The predicted octanol–water partition coefficient (Wildman–Crippen LogP) is 1.97. The van der Waals surface area contributed by atoms with E-state index in [2.05, 4.69) is 0 Å². The van der Waals surface area contributed by atoms with Gasteiger partial charge in [0.1, 0.15) is 0 Å². The first-order valence-electron chi connectivity index (χ1n) is 6.36. The molecule has 0 aromatic heterocycles. The molecule has 5 heteroatoms. The van der Waals surface area contributed by atoms with Gasteiger partial charge in [0, 0.05) is 0 Å². The number of hydrogen-bond acceptors (Lipinski definition) is 4. The van der Waals surface area contributed by atoms with Crippen LogP contribution in [0.5, 0.6) is 0 Å². The molecule has 0 saturated heterocycles. The van der Waals surface area contributed by atoms with E-state index in [1.165, 1.54) is 0 Å². The highest BCUT2D eigenvalue weighted by molar-refractivity contribution is 7.92. The highest BCUT2D eigenvalue weighted by Crippen LogP contribution is 2.47. The lowest BCUT2D eigenvalue weighted by Crippen LogP contribution is -2.15. The molecule has 0 heterocycles. The molecule has 0 amide bonds. The summed E-state index contributed by atoms with van der Waals surface area (Å²) in [4.78, 5) is 12.0. The van der Waals surface area contributed by atoms with Crippen LogP contribution in [-0.4, -0.2) is 26.2 Å². The average molecular weight is 282 g/mol. The van der Waals surface area contributed by atoms with Gasteiger partial charge in [-0.3, -0.25) is 4.79 Å². The summed E-state index contributed by atoms with van der Waals surface area (Å²) < 4.78 is 29.8. The highest BCUT2D eigenvalue weighted by atomic mass is 32.2. The SMILES string of the molecule is CCOC(=O)[C@H]1[C@H](C)[C@H]1S(=O)(=O)c1ccc(C)cc1. The van der Waals surface area contributed by atoms with Gasteiger partial charge < -0.3 is 4.74 Å². The number of rotatable bonds is 4. The van der Waals surface area contributed by atoms with E-state index in [0.29, 0.717) is 0 Å². The molecule has 1 aliphatic rings. The second-order valence-electron chi connectivity index (χ2n) is 4.96. The van der Waals surface area contributed by atoms with Crippen molar-refractivity contribution in [3.8, 4) is 0 Å². The molecule has 3 atom stereocenters. The maximum absolute atomic E-state index is 12.4. The van der Waals surface area contributed by atoms with Crippen molar-refractivity contribution in [1.29, 1.82) is 0 Å². The van der Waals surface area contributed by atoms with Crippen LogP contribution in [0.1, 0.15) is 19.4 Å².